The van der Waals surface area contributed by atoms with Crippen LogP contribution in [-0.2, 0) is 4.84 Å². The largest absolute Gasteiger partial charge is 0.266 e. The molecular weight excluding hydrogens is 214 g/mol. The lowest BCUT2D eigenvalue weighted by molar-refractivity contribution is -0.200. The lowest BCUT2D eigenvalue weighted by atomic mass is 9.99. The van der Waals surface area contributed by atoms with Crippen molar-refractivity contribution in [2.24, 2.45) is 0 Å². The molecule has 0 aromatic carbocycles. The minimum absolute atomic E-state index is 0.327. The second kappa shape index (κ2) is 3.83. The number of fused-ring (bicyclic) bond motifs is 2. The SMILES string of the molecule is C1=C[C@H]2CC[C@@H]1ON2C=C1SCCS1. The molecule has 0 aromatic rings. The maximum Gasteiger partial charge on any atom is 0.104 e. The third-order valence-corrected chi connectivity index (χ3v) is 5.25. The van der Waals surface area contributed by atoms with Crippen molar-refractivity contribution in [3.63, 3.8) is 0 Å². The van der Waals surface area contributed by atoms with Gasteiger partial charge in [-0.2, -0.15) is 0 Å². The van der Waals surface area contributed by atoms with Gasteiger partial charge in [0, 0.05) is 17.7 Å². The number of thioether (sulfide) groups is 2. The van der Waals surface area contributed by atoms with Gasteiger partial charge in [-0.05, 0) is 12.8 Å². The summed E-state index contributed by atoms with van der Waals surface area (Å²) < 4.78 is 1.41. The second-order valence-electron chi connectivity index (χ2n) is 3.68. The van der Waals surface area contributed by atoms with Crippen LogP contribution in [0.5, 0.6) is 0 Å². The van der Waals surface area contributed by atoms with Crippen LogP contribution in [0, 0.1) is 0 Å². The summed E-state index contributed by atoms with van der Waals surface area (Å²) in [5, 5.41) is 2.05. The van der Waals surface area contributed by atoms with Crippen LogP contribution >= 0.6 is 23.5 Å². The van der Waals surface area contributed by atoms with Crippen LogP contribution < -0.4 is 0 Å². The lowest BCUT2D eigenvalue weighted by Crippen LogP contribution is -2.42. The van der Waals surface area contributed by atoms with Crippen LogP contribution in [0.1, 0.15) is 12.8 Å². The fourth-order valence-corrected chi connectivity index (χ4v) is 4.20. The first-order valence-corrected chi connectivity index (χ1v) is 7.00. The van der Waals surface area contributed by atoms with Crippen molar-refractivity contribution in [2.75, 3.05) is 11.5 Å². The van der Waals surface area contributed by atoms with Gasteiger partial charge in [-0.3, -0.25) is 9.90 Å². The Balaban J connectivity index is 1.74. The van der Waals surface area contributed by atoms with Crippen molar-refractivity contribution < 1.29 is 4.84 Å². The van der Waals surface area contributed by atoms with Crippen LogP contribution in [-0.4, -0.2) is 28.7 Å². The molecule has 2 saturated heterocycles. The Labute approximate surface area is 92.7 Å². The van der Waals surface area contributed by atoms with E-state index >= 15 is 0 Å². The summed E-state index contributed by atoms with van der Waals surface area (Å²) in [6, 6.07) is 0.481. The molecule has 0 amide bonds. The smallest absolute Gasteiger partial charge is 0.104 e. The zero-order valence-corrected chi connectivity index (χ0v) is 9.52. The average Bonchev–Trinajstić information content (AvgIpc) is 2.72. The van der Waals surface area contributed by atoms with Gasteiger partial charge in [0.2, 0.25) is 0 Å². The number of hydroxylamine groups is 2. The number of nitrogens with zero attached hydrogens (tertiary/aromatic N) is 1. The molecule has 4 aliphatic rings. The topological polar surface area (TPSA) is 12.5 Å². The first kappa shape index (κ1) is 9.19. The Kier molecular flexibility index (Phi) is 2.51. The van der Waals surface area contributed by atoms with Gasteiger partial charge in [0.15, 0.2) is 0 Å². The molecule has 0 N–H and O–H groups in total. The van der Waals surface area contributed by atoms with E-state index in [4.69, 9.17) is 4.84 Å². The number of hydrogen-bond donors (Lipinski definition) is 0. The molecule has 3 aliphatic heterocycles. The third-order valence-electron chi connectivity index (χ3n) is 2.68. The summed E-state index contributed by atoms with van der Waals surface area (Å²) in [6.07, 6.45) is 9.40. The molecule has 4 heteroatoms. The quantitative estimate of drug-likeness (QED) is 0.638. The zero-order valence-electron chi connectivity index (χ0n) is 7.89. The van der Waals surface area contributed by atoms with Crippen molar-refractivity contribution in [3.8, 4) is 0 Å². The van der Waals surface area contributed by atoms with Gasteiger partial charge >= 0.3 is 0 Å². The van der Waals surface area contributed by atoms with Crippen LogP contribution in [0.3, 0.4) is 0 Å². The minimum Gasteiger partial charge on any atom is -0.266 e. The van der Waals surface area contributed by atoms with Gasteiger partial charge in [-0.15, -0.1) is 23.5 Å². The van der Waals surface area contributed by atoms with Gasteiger partial charge in [-0.25, -0.2) is 0 Å². The first-order chi connectivity index (χ1) is 6.92. The molecule has 76 valence electrons. The summed E-state index contributed by atoms with van der Waals surface area (Å²) in [5.41, 5.74) is 0. The molecule has 0 saturated carbocycles. The summed E-state index contributed by atoms with van der Waals surface area (Å²) in [6.45, 7) is 0. The molecule has 2 nitrogen and oxygen atoms in total. The predicted molar refractivity (Wildman–Crippen MR) is 61.9 cm³/mol. The van der Waals surface area contributed by atoms with E-state index in [1.54, 1.807) is 0 Å². The van der Waals surface area contributed by atoms with E-state index in [-0.39, 0.29) is 0 Å². The molecule has 3 heterocycles. The van der Waals surface area contributed by atoms with Crippen LogP contribution in [0.25, 0.3) is 0 Å². The molecule has 2 fully saturated rings. The van der Waals surface area contributed by atoms with E-state index in [1.165, 1.54) is 28.6 Å². The van der Waals surface area contributed by atoms with Crippen molar-refractivity contribution >= 4 is 23.5 Å². The van der Waals surface area contributed by atoms with Gasteiger partial charge in [0.05, 0.1) is 10.3 Å². The maximum absolute atomic E-state index is 5.79. The maximum atomic E-state index is 5.79. The normalized spacial score (nSPS) is 35.4. The molecule has 0 unspecified atom stereocenters. The van der Waals surface area contributed by atoms with E-state index in [0.29, 0.717) is 12.1 Å². The van der Waals surface area contributed by atoms with Gasteiger partial charge in [0.1, 0.15) is 6.10 Å². The fourth-order valence-electron chi connectivity index (χ4n) is 1.94. The van der Waals surface area contributed by atoms with E-state index < -0.39 is 0 Å². The summed E-state index contributed by atoms with van der Waals surface area (Å²) in [7, 11) is 0. The Bertz CT molecular complexity index is 282. The van der Waals surface area contributed by atoms with Crippen LogP contribution in [0.2, 0.25) is 0 Å². The van der Waals surface area contributed by atoms with E-state index in [1.807, 2.05) is 23.5 Å². The van der Waals surface area contributed by atoms with Crippen LogP contribution in [0.15, 0.2) is 22.6 Å². The highest BCUT2D eigenvalue weighted by Gasteiger charge is 2.29. The van der Waals surface area contributed by atoms with E-state index in [9.17, 15) is 0 Å². The van der Waals surface area contributed by atoms with E-state index in [2.05, 4.69) is 23.4 Å². The zero-order chi connectivity index (χ0) is 9.38. The lowest BCUT2D eigenvalue weighted by Gasteiger charge is -2.39. The van der Waals surface area contributed by atoms with Crippen molar-refractivity contribution in [1.82, 2.24) is 5.06 Å². The van der Waals surface area contributed by atoms with Gasteiger partial charge < -0.3 is 0 Å². The Hall–Kier alpha value is -0.0600. The molecule has 14 heavy (non-hydrogen) atoms. The molecule has 1 aliphatic carbocycles. The molecular formula is C10H13NOS2. The molecule has 2 atom stereocenters. The van der Waals surface area contributed by atoms with Gasteiger partial charge in [-0.1, -0.05) is 12.2 Å². The van der Waals surface area contributed by atoms with Crippen LogP contribution in [0.4, 0.5) is 0 Å². The molecule has 0 spiro atoms. The highest BCUT2D eigenvalue weighted by atomic mass is 32.2. The average molecular weight is 227 g/mol. The van der Waals surface area contributed by atoms with Crippen molar-refractivity contribution in [1.29, 1.82) is 0 Å². The predicted octanol–water partition coefficient (Wildman–Crippen LogP) is 2.60. The van der Waals surface area contributed by atoms with Crippen molar-refractivity contribution in [3.05, 3.63) is 22.6 Å². The minimum atomic E-state index is 0.327. The Morgan fingerprint density at radius 2 is 2.14 bits per heavy atom. The Morgan fingerprint density at radius 3 is 2.71 bits per heavy atom. The summed E-state index contributed by atoms with van der Waals surface area (Å²) in [5.74, 6) is 2.49. The summed E-state index contributed by atoms with van der Waals surface area (Å²) in [4.78, 5) is 5.79. The number of rotatable bonds is 1. The summed E-state index contributed by atoms with van der Waals surface area (Å²) >= 11 is 3.88. The second-order valence-corrected chi connectivity index (χ2v) is 6.21. The molecule has 2 bridgehead atoms. The third kappa shape index (κ3) is 1.71. The Morgan fingerprint density at radius 1 is 1.29 bits per heavy atom. The highest BCUT2D eigenvalue weighted by molar-refractivity contribution is 8.25. The highest BCUT2D eigenvalue weighted by Crippen LogP contribution is 2.38. The molecule has 0 radical (unpaired) electrons. The molecule has 0 aromatic heterocycles. The number of hydrogen-bond acceptors (Lipinski definition) is 4. The monoisotopic (exact) mass is 227 g/mol. The standard InChI is InChI=1S/C10H13NOS2/c1-3-9-4-2-8(1)11(12-9)7-10-13-5-6-14-10/h1,3,7-9H,2,4-6H2/t8-,9+/m0/s1. The fraction of sp³-hybridized carbons (Fsp3) is 0.600. The molecule has 4 rings (SSSR count). The first-order valence-electron chi connectivity index (χ1n) is 5.03. The van der Waals surface area contributed by atoms with Crippen molar-refractivity contribution in [2.45, 2.75) is 25.0 Å². The van der Waals surface area contributed by atoms with E-state index in [0.717, 1.165) is 0 Å². The van der Waals surface area contributed by atoms with Gasteiger partial charge in [0.25, 0.3) is 0 Å².